The van der Waals surface area contributed by atoms with E-state index < -0.39 is 0 Å². The standard InChI is InChI=1S/C16H25N3O2/c1-3-7-12-8-5-6-11-19(12)15-14(17)13(9-10-18-15)16(20)21-4-2/h9-10,12H,3-8,11,17H2,1-2H3. The van der Waals surface area contributed by atoms with Crippen molar-refractivity contribution in [1.29, 1.82) is 0 Å². The van der Waals surface area contributed by atoms with E-state index in [9.17, 15) is 4.79 Å². The molecule has 1 aliphatic heterocycles. The van der Waals surface area contributed by atoms with Crippen molar-refractivity contribution in [2.24, 2.45) is 0 Å². The minimum atomic E-state index is -0.372. The Morgan fingerprint density at radius 1 is 1.48 bits per heavy atom. The minimum absolute atomic E-state index is 0.345. The highest BCUT2D eigenvalue weighted by atomic mass is 16.5. The zero-order chi connectivity index (χ0) is 15.2. The number of ether oxygens (including phenoxy) is 1. The molecule has 1 atom stereocenters. The average Bonchev–Trinajstić information content (AvgIpc) is 2.49. The summed E-state index contributed by atoms with van der Waals surface area (Å²) in [6.45, 7) is 5.28. The number of carbonyl (C=O) groups excluding carboxylic acids is 1. The Labute approximate surface area is 126 Å². The van der Waals surface area contributed by atoms with Crippen molar-refractivity contribution in [3.63, 3.8) is 0 Å². The first-order chi connectivity index (χ1) is 10.2. The van der Waals surface area contributed by atoms with Crippen LogP contribution in [0.15, 0.2) is 12.3 Å². The van der Waals surface area contributed by atoms with E-state index in [-0.39, 0.29) is 5.97 Å². The second-order valence-electron chi connectivity index (χ2n) is 5.45. The van der Waals surface area contributed by atoms with Crippen molar-refractivity contribution in [2.45, 2.75) is 52.0 Å². The molecule has 1 aromatic heterocycles. The second kappa shape index (κ2) is 7.29. The third-order valence-electron chi connectivity index (χ3n) is 3.99. The quantitative estimate of drug-likeness (QED) is 0.845. The zero-order valence-corrected chi connectivity index (χ0v) is 13.0. The molecular formula is C16H25N3O2. The molecule has 1 fully saturated rings. The van der Waals surface area contributed by atoms with Crippen molar-refractivity contribution in [2.75, 3.05) is 23.8 Å². The van der Waals surface area contributed by atoms with Gasteiger partial charge < -0.3 is 15.4 Å². The smallest absolute Gasteiger partial charge is 0.340 e. The maximum atomic E-state index is 12.0. The maximum Gasteiger partial charge on any atom is 0.340 e. The summed E-state index contributed by atoms with van der Waals surface area (Å²) < 4.78 is 5.06. The van der Waals surface area contributed by atoms with E-state index in [1.807, 2.05) is 0 Å². The molecule has 0 bridgehead atoms. The summed E-state index contributed by atoms with van der Waals surface area (Å²) >= 11 is 0. The van der Waals surface area contributed by atoms with Gasteiger partial charge in [-0.2, -0.15) is 0 Å². The molecule has 1 saturated heterocycles. The fourth-order valence-electron chi connectivity index (χ4n) is 2.99. The molecule has 0 aliphatic carbocycles. The van der Waals surface area contributed by atoms with E-state index in [1.165, 1.54) is 12.8 Å². The van der Waals surface area contributed by atoms with Crippen LogP contribution in [0.5, 0.6) is 0 Å². The predicted octanol–water partition coefficient (Wildman–Crippen LogP) is 3.00. The predicted molar refractivity (Wildman–Crippen MR) is 84.5 cm³/mol. The SMILES string of the molecule is CCCC1CCCCN1c1nccc(C(=O)OCC)c1N. The van der Waals surface area contributed by atoms with Crippen molar-refractivity contribution in [3.8, 4) is 0 Å². The Morgan fingerprint density at radius 2 is 2.29 bits per heavy atom. The van der Waals surface area contributed by atoms with Crippen molar-refractivity contribution in [3.05, 3.63) is 17.8 Å². The van der Waals surface area contributed by atoms with Crippen LogP contribution in [0.1, 0.15) is 56.3 Å². The number of nitrogens with two attached hydrogens (primary N) is 1. The molecule has 0 aromatic carbocycles. The number of esters is 1. The highest BCUT2D eigenvalue weighted by Crippen LogP contribution is 2.31. The Morgan fingerprint density at radius 3 is 3.00 bits per heavy atom. The van der Waals surface area contributed by atoms with Gasteiger partial charge in [0.15, 0.2) is 5.82 Å². The summed E-state index contributed by atoms with van der Waals surface area (Å²) in [6, 6.07) is 2.10. The fraction of sp³-hybridized carbons (Fsp3) is 0.625. The first-order valence-electron chi connectivity index (χ1n) is 7.87. The molecule has 21 heavy (non-hydrogen) atoms. The van der Waals surface area contributed by atoms with Crippen LogP contribution in [0.2, 0.25) is 0 Å². The van der Waals surface area contributed by atoms with Gasteiger partial charge in [0.05, 0.1) is 17.9 Å². The average molecular weight is 291 g/mol. The number of hydrogen-bond acceptors (Lipinski definition) is 5. The first-order valence-corrected chi connectivity index (χ1v) is 7.87. The van der Waals surface area contributed by atoms with Gasteiger partial charge in [-0.05, 0) is 38.7 Å². The van der Waals surface area contributed by atoms with Gasteiger partial charge in [-0.15, -0.1) is 0 Å². The molecule has 5 heteroatoms. The summed E-state index contributed by atoms with van der Waals surface area (Å²) in [6.07, 6.45) is 7.47. The van der Waals surface area contributed by atoms with E-state index in [0.717, 1.165) is 31.6 Å². The topological polar surface area (TPSA) is 68.5 Å². The number of nitrogen functional groups attached to an aromatic ring is 1. The third kappa shape index (κ3) is 3.46. The van der Waals surface area contributed by atoms with Gasteiger partial charge in [0.2, 0.25) is 0 Å². The number of hydrogen-bond donors (Lipinski definition) is 1. The normalized spacial score (nSPS) is 18.6. The third-order valence-corrected chi connectivity index (χ3v) is 3.99. The molecule has 1 aliphatic rings. The van der Waals surface area contributed by atoms with Gasteiger partial charge in [-0.3, -0.25) is 0 Å². The summed E-state index contributed by atoms with van der Waals surface area (Å²) in [4.78, 5) is 18.7. The second-order valence-corrected chi connectivity index (χ2v) is 5.45. The van der Waals surface area contributed by atoms with Crippen LogP contribution < -0.4 is 10.6 Å². The number of anilines is 2. The van der Waals surface area contributed by atoms with E-state index in [2.05, 4.69) is 16.8 Å². The minimum Gasteiger partial charge on any atom is -0.462 e. The molecule has 2 N–H and O–H groups in total. The number of aromatic nitrogens is 1. The van der Waals surface area contributed by atoms with Crippen LogP contribution in [0, 0.1) is 0 Å². The highest BCUT2D eigenvalue weighted by Gasteiger charge is 2.26. The van der Waals surface area contributed by atoms with E-state index in [0.29, 0.717) is 23.9 Å². The molecule has 1 unspecified atom stereocenters. The Balaban J connectivity index is 2.29. The number of piperidine rings is 1. The Kier molecular flexibility index (Phi) is 5.42. The molecular weight excluding hydrogens is 266 g/mol. The molecule has 116 valence electrons. The zero-order valence-electron chi connectivity index (χ0n) is 13.0. The molecule has 5 nitrogen and oxygen atoms in total. The van der Waals surface area contributed by atoms with E-state index in [4.69, 9.17) is 10.5 Å². The molecule has 0 spiro atoms. The monoisotopic (exact) mass is 291 g/mol. The van der Waals surface area contributed by atoms with Crippen LogP contribution >= 0.6 is 0 Å². The Bertz CT molecular complexity index is 488. The van der Waals surface area contributed by atoms with Crippen molar-refractivity contribution >= 4 is 17.5 Å². The largest absolute Gasteiger partial charge is 0.462 e. The van der Waals surface area contributed by atoms with E-state index in [1.54, 1.807) is 19.2 Å². The van der Waals surface area contributed by atoms with Crippen molar-refractivity contribution in [1.82, 2.24) is 4.98 Å². The summed E-state index contributed by atoms with van der Waals surface area (Å²) in [5.74, 6) is 0.362. The van der Waals surface area contributed by atoms with Gasteiger partial charge in [0.25, 0.3) is 0 Å². The van der Waals surface area contributed by atoms with Gasteiger partial charge >= 0.3 is 5.97 Å². The van der Waals surface area contributed by atoms with Crippen LogP contribution in [0.3, 0.4) is 0 Å². The molecule has 2 heterocycles. The number of nitrogens with zero attached hydrogens (tertiary/aromatic N) is 2. The van der Waals surface area contributed by atoms with Crippen molar-refractivity contribution < 1.29 is 9.53 Å². The van der Waals surface area contributed by atoms with Crippen LogP contribution in [-0.4, -0.2) is 30.1 Å². The molecule has 0 radical (unpaired) electrons. The van der Waals surface area contributed by atoms with Crippen LogP contribution in [0.25, 0.3) is 0 Å². The first kappa shape index (κ1) is 15.6. The number of pyridine rings is 1. The van der Waals surface area contributed by atoms with Crippen LogP contribution in [0.4, 0.5) is 11.5 Å². The van der Waals surface area contributed by atoms with Gasteiger partial charge in [-0.1, -0.05) is 13.3 Å². The van der Waals surface area contributed by atoms with Gasteiger partial charge in [0, 0.05) is 18.8 Å². The lowest BCUT2D eigenvalue weighted by Gasteiger charge is -2.37. The molecule has 1 aromatic rings. The molecule has 2 rings (SSSR count). The lowest BCUT2D eigenvalue weighted by Crippen LogP contribution is -2.40. The fourth-order valence-corrected chi connectivity index (χ4v) is 2.99. The van der Waals surface area contributed by atoms with Crippen LogP contribution in [-0.2, 0) is 4.74 Å². The van der Waals surface area contributed by atoms with Gasteiger partial charge in [-0.25, -0.2) is 9.78 Å². The lowest BCUT2D eigenvalue weighted by molar-refractivity contribution is 0.0527. The maximum absolute atomic E-state index is 12.0. The highest BCUT2D eigenvalue weighted by molar-refractivity contribution is 5.97. The Hall–Kier alpha value is -1.78. The van der Waals surface area contributed by atoms with E-state index >= 15 is 0 Å². The van der Waals surface area contributed by atoms with Gasteiger partial charge in [0.1, 0.15) is 0 Å². The summed E-state index contributed by atoms with van der Waals surface area (Å²) in [7, 11) is 0. The summed E-state index contributed by atoms with van der Waals surface area (Å²) in [5.41, 5.74) is 7.06. The molecule has 0 amide bonds. The number of rotatable bonds is 5. The molecule has 0 saturated carbocycles. The number of carbonyl (C=O) groups is 1. The lowest BCUT2D eigenvalue weighted by atomic mass is 9.98. The summed E-state index contributed by atoms with van der Waals surface area (Å²) in [5, 5.41) is 0.